The largest absolute Gasteiger partial charge is 0.492 e. The Labute approximate surface area is 156 Å². The molecule has 0 unspecified atom stereocenters. The van der Waals surface area contributed by atoms with Crippen LogP contribution in [0.25, 0.3) is 0 Å². The van der Waals surface area contributed by atoms with Crippen molar-refractivity contribution >= 4 is 11.6 Å². The van der Waals surface area contributed by atoms with Gasteiger partial charge in [0.2, 0.25) is 0 Å². The van der Waals surface area contributed by atoms with Crippen LogP contribution in [0, 0.1) is 0 Å². The molecular formula is C21H30N4O. The molecule has 0 aliphatic rings. The van der Waals surface area contributed by atoms with E-state index in [0.717, 1.165) is 23.5 Å². The standard InChI is InChI=1S/C21H30N4O/c1-16(2)17-9-7-10-19(14-17)24-21(22)23-15-18-8-5-6-11-20(18)26-13-12-25(3)4/h5-11,14,16H,12-13,15H2,1-4H3,(H3,22,23,24). The van der Waals surface area contributed by atoms with E-state index in [1.165, 1.54) is 5.56 Å². The number of rotatable bonds is 8. The summed E-state index contributed by atoms with van der Waals surface area (Å²) >= 11 is 0. The first kappa shape index (κ1) is 19.8. The quantitative estimate of drug-likeness (QED) is 0.561. The number of nitrogens with zero attached hydrogens (tertiary/aromatic N) is 2. The van der Waals surface area contributed by atoms with Crippen molar-refractivity contribution in [3.8, 4) is 5.75 Å². The lowest BCUT2D eigenvalue weighted by Crippen LogP contribution is -2.22. The van der Waals surface area contributed by atoms with E-state index in [4.69, 9.17) is 10.5 Å². The molecule has 0 bridgehead atoms. The smallest absolute Gasteiger partial charge is 0.193 e. The fourth-order valence-corrected chi connectivity index (χ4v) is 2.45. The van der Waals surface area contributed by atoms with Crippen LogP contribution in [-0.4, -0.2) is 38.1 Å². The van der Waals surface area contributed by atoms with Gasteiger partial charge in [-0.3, -0.25) is 0 Å². The Morgan fingerprint density at radius 3 is 2.65 bits per heavy atom. The summed E-state index contributed by atoms with van der Waals surface area (Å²) in [6.45, 7) is 6.32. The summed E-state index contributed by atoms with van der Waals surface area (Å²) in [6, 6.07) is 16.2. The van der Waals surface area contributed by atoms with E-state index in [1.807, 2.05) is 50.5 Å². The topological polar surface area (TPSA) is 62.9 Å². The van der Waals surface area contributed by atoms with Crippen LogP contribution >= 0.6 is 0 Å². The van der Waals surface area contributed by atoms with Crippen LogP contribution in [0.3, 0.4) is 0 Å². The van der Waals surface area contributed by atoms with Gasteiger partial charge in [-0.05, 0) is 43.8 Å². The van der Waals surface area contributed by atoms with Crippen LogP contribution in [0.15, 0.2) is 53.5 Å². The first-order valence-electron chi connectivity index (χ1n) is 8.98. The van der Waals surface area contributed by atoms with E-state index in [-0.39, 0.29) is 0 Å². The molecule has 140 valence electrons. The summed E-state index contributed by atoms with van der Waals surface area (Å²) in [5.74, 6) is 1.72. The highest BCUT2D eigenvalue weighted by Crippen LogP contribution is 2.20. The second-order valence-corrected chi connectivity index (χ2v) is 6.87. The average Bonchev–Trinajstić information content (AvgIpc) is 2.61. The molecule has 0 heterocycles. The van der Waals surface area contributed by atoms with Crippen molar-refractivity contribution in [1.82, 2.24) is 4.90 Å². The molecule has 2 aromatic rings. The maximum Gasteiger partial charge on any atom is 0.193 e. The summed E-state index contributed by atoms with van der Waals surface area (Å²) in [4.78, 5) is 6.55. The third kappa shape index (κ3) is 6.41. The van der Waals surface area contributed by atoms with Gasteiger partial charge in [0.1, 0.15) is 12.4 Å². The van der Waals surface area contributed by atoms with Gasteiger partial charge in [-0.25, -0.2) is 4.99 Å². The number of guanidine groups is 1. The zero-order chi connectivity index (χ0) is 18.9. The molecule has 0 amide bonds. The van der Waals surface area contributed by atoms with Gasteiger partial charge in [0.25, 0.3) is 0 Å². The van der Waals surface area contributed by atoms with Crippen LogP contribution in [0.4, 0.5) is 5.69 Å². The molecule has 0 radical (unpaired) electrons. The van der Waals surface area contributed by atoms with Crippen LogP contribution in [-0.2, 0) is 6.54 Å². The number of anilines is 1. The molecule has 2 rings (SSSR count). The van der Waals surface area contributed by atoms with Gasteiger partial charge < -0.3 is 20.7 Å². The molecule has 3 N–H and O–H groups in total. The molecule has 0 aliphatic carbocycles. The van der Waals surface area contributed by atoms with Gasteiger partial charge in [-0.15, -0.1) is 0 Å². The molecule has 0 atom stereocenters. The highest BCUT2D eigenvalue weighted by Gasteiger charge is 2.04. The summed E-state index contributed by atoms with van der Waals surface area (Å²) < 4.78 is 5.87. The lowest BCUT2D eigenvalue weighted by atomic mass is 10.0. The van der Waals surface area contributed by atoms with Crippen molar-refractivity contribution in [1.29, 1.82) is 0 Å². The molecule has 0 aromatic heterocycles. The lowest BCUT2D eigenvalue weighted by molar-refractivity contribution is 0.259. The molecule has 0 saturated heterocycles. The van der Waals surface area contributed by atoms with Gasteiger partial charge in [0.05, 0.1) is 6.54 Å². The number of aliphatic imine (C=N–C) groups is 1. The van der Waals surface area contributed by atoms with E-state index in [0.29, 0.717) is 25.0 Å². The van der Waals surface area contributed by atoms with Crippen LogP contribution in [0.2, 0.25) is 0 Å². The van der Waals surface area contributed by atoms with E-state index in [2.05, 4.69) is 41.2 Å². The van der Waals surface area contributed by atoms with Crippen molar-refractivity contribution in [2.24, 2.45) is 10.7 Å². The molecule has 0 saturated carbocycles. The predicted octanol–water partition coefficient (Wildman–Crippen LogP) is 3.68. The fraction of sp³-hybridized carbons (Fsp3) is 0.381. The Morgan fingerprint density at radius 2 is 1.92 bits per heavy atom. The summed E-state index contributed by atoms with van der Waals surface area (Å²) in [6.07, 6.45) is 0. The highest BCUT2D eigenvalue weighted by atomic mass is 16.5. The van der Waals surface area contributed by atoms with Crippen molar-refractivity contribution in [3.05, 3.63) is 59.7 Å². The Kier molecular flexibility index (Phi) is 7.48. The van der Waals surface area contributed by atoms with Gasteiger partial charge in [0, 0.05) is 17.8 Å². The molecule has 5 nitrogen and oxygen atoms in total. The number of hydrogen-bond donors (Lipinski definition) is 2. The number of nitrogens with one attached hydrogen (secondary N) is 1. The van der Waals surface area contributed by atoms with E-state index in [9.17, 15) is 0 Å². The number of benzene rings is 2. The first-order chi connectivity index (χ1) is 12.5. The second-order valence-electron chi connectivity index (χ2n) is 6.87. The van der Waals surface area contributed by atoms with E-state index < -0.39 is 0 Å². The Bertz CT molecular complexity index is 725. The Balaban J connectivity index is 1.99. The summed E-state index contributed by atoms with van der Waals surface area (Å²) in [7, 11) is 4.06. The SMILES string of the molecule is CC(C)c1cccc(NC(N)=NCc2ccccc2OCCN(C)C)c1. The number of likely N-dealkylation sites (N-methyl/N-ethyl adjacent to an activating group) is 1. The van der Waals surface area contributed by atoms with Gasteiger partial charge in [0.15, 0.2) is 5.96 Å². The molecular weight excluding hydrogens is 324 g/mol. The summed E-state index contributed by atoms with van der Waals surface area (Å²) in [5, 5.41) is 3.17. The Hall–Kier alpha value is -2.53. The molecule has 26 heavy (non-hydrogen) atoms. The van der Waals surface area contributed by atoms with Crippen LogP contribution in [0.5, 0.6) is 5.75 Å². The normalized spacial score (nSPS) is 11.8. The number of nitrogens with two attached hydrogens (primary N) is 1. The van der Waals surface area contributed by atoms with Crippen molar-refractivity contribution in [2.75, 3.05) is 32.6 Å². The van der Waals surface area contributed by atoms with E-state index in [1.54, 1.807) is 0 Å². The number of para-hydroxylation sites is 1. The summed E-state index contributed by atoms with van der Waals surface area (Å²) in [5.41, 5.74) is 9.30. The lowest BCUT2D eigenvalue weighted by Gasteiger charge is -2.13. The average molecular weight is 354 g/mol. The minimum Gasteiger partial charge on any atom is -0.492 e. The number of ether oxygens (including phenoxy) is 1. The molecule has 2 aromatic carbocycles. The molecule has 0 spiro atoms. The van der Waals surface area contributed by atoms with E-state index >= 15 is 0 Å². The van der Waals surface area contributed by atoms with Crippen molar-refractivity contribution in [2.45, 2.75) is 26.3 Å². The third-order valence-electron chi connectivity index (χ3n) is 4.01. The van der Waals surface area contributed by atoms with Gasteiger partial charge in [-0.1, -0.05) is 44.2 Å². The third-order valence-corrected chi connectivity index (χ3v) is 4.01. The second kappa shape index (κ2) is 9.82. The number of hydrogen-bond acceptors (Lipinski definition) is 3. The minimum absolute atomic E-state index is 0.397. The van der Waals surface area contributed by atoms with Gasteiger partial charge >= 0.3 is 0 Å². The fourth-order valence-electron chi connectivity index (χ4n) is 2.45. The molecule has 0 aliphatic heterocycles. The van der Waals surface area contributed by atoms with Crippen LogP contribution in [0.1, 0.15) is 30.9 Å². The first-order valence-corrected chi connectivity index (χ1v) is 8.98. The maximum atomic E-state index is 6.06. The maximum absolute atomic E-state index is 6.06. The predicted molar refractivity (Wildman–Crippen MR) is 110 cm³/mol. The highest BCUT2D eigenvalue weighted by molar-refractivity contribution is 5.92. The van der Waals surface area contributed by atoms with Crippen molar-refractivity contribution in [3.63, 3.8) is 0 Å². The zero-order valence-corrected chi connectivity index (χ0v) is 16.2. The Morgan fingerprint density at radius 1 is 1.15 bits per heavy atom. The monoisotopic (exact) mass is 354 g/mol. The van der Waals surface area contributed by atoms with Crippen molar-refractivity contribution < 1.29 is 4.74 Å². The van der Waals surface area contributed by atoms with Crippen LogP contribution < -0.4 is 15.8 Å². The molecule has 0 fully saturated rings. The van der Waals surface area contributed by atoms with Gasteiger partial charge in [-0.2, -0.15) is 0 Å². The zero-order valence-electron chi connectivity index (χ0n) is 16.2. The minimum atomic E-state index is 0.397. The molecule has 5 heteroatoms.